The highest BCUT2D eigenvalue weighted by Crippen LogP contribution is 2.24. The van der Waals surface area contributed by atoms with Gasteiger partial charge in [0.25, 0.3) is 5.91 Å². The van der Waals surface area contributed by atoms with Crippen molar-refractivity contribution < 1.29 is 9.53 Å². The summed E-state index contributed by atoms with van der Waals surface area (Å²) in [6.45, 7) is 5.20. The first kappa shape index (κ1) is 14.5. The summed E-state index contributed by atoms with van der Waals surface area (Å²) in [7, 11) is 0. The molecule has 0 saturated carbocycles. The van der Waals surface area contributed by atoms with Gasteiger partial charge >= 0.3 is 0 Å². The average Bonchev–Trinajstić information content (AvgIpc) is 2.85. The van der Waals surface area contributed by atoms with Crippen LogP contribution in [0.1, 0.15) is 50.2 Å². The Morgan fingerprint density at radius 3 is 3.11 bits per heavy atom. The van der Waals surface area contributed by atoms with Crippen LogP contribution in [0, 0.1) is 0 Å². The molecule has 19 heavy (non-hydrogen) atoms. The van der Waals surface area contributed by atoms with Gasteiger partial charge in [-0.25, -0.2) is 4.98 Å². The Morgan fingerprint density at radius 1 is 1.58 bits per heavy atom. The summed E-state index contributed by atoms with van der Waals surface area (Å²) in [6, 6.07) is 0. The zero-order valence-corrected chi connectivity index (χ0v) is 12.5. The first-order chi connectivity index (χ1) is 9.14. The van der Waals surface area contributed by atoms with E-state index in [9.17, 15) is 4.79 Å². The van der Waals surface area contributed by atoms with Gasteiger partial charge < -0.3 is 10.1 Å². The molecule has 2 rings (SSSR count). The van der Waals surface area contributed by atoms with Crippen molar-refractivity contribution in [2.75, 3.05) is 6.61 Å². The van der Waals surface area contributed by atoms with E-state index in [2.05, 4.69) is 17.2 Å². The van der Waals surface area contributed by atoms with E-state index in [1.54, 1.807) is 11.3 Å². The minimum absolute atomic E-state index is 0.0164. The maximum atomic E-state index is 12.2. The highest BCUT2D eigenvalue weighted by atomic mass is 32.1. The average molecular weight is 282 g/mol. The Labute approximate surface area is 118 Å². The zero-order valence-electron chi connectivity index (χ0n) is 11.7. The van der Waals surface area contributed by atoms with Gasteiger partial charge in [-0.1, -0.05) is 6.92 Å². The summed E-state index contributed by atoms with van der Waals surface area (Å²) in [6.07, 6.45) is 5.03. The third-order valence-corrected chi connectivity index (χ3v) is 4.40. The SMILES string of the molecule is CCCc1nc(CNC(=O)[C@@]2(C)CCCCO2)cs1. The molecule has 1 saturated heterocycles. The van der Waals surface area contributed by atoms with Gasteiger partial charge in [-0.05, 0) is 39.0 Å². The Balaban J connectivity index is 1.85. The van der Waals surface area contributed by atoms with Crippen LogP contribution in [-0.2, 0) is 22.5 Å². The summed E-state index contributed by atoms with van der Waals surface area (Å²) in [5, 5.41) is 6.11. The van der Waals surface area contributed by atoms with Crippen molar-refractivity contribution in [3.05, 3.63) is 16.1 Å². The lowest BCUT2D eigenvalue weighted by atomic mass is 9.95. The second-order valence-electron chi connectivity index (χ2n) is 5.20. The van der Waals surface area contributed by atoms with Crippen molar-refractivity contribution in [1.82, 2.24) is 10.3 Å². The van der Waals surface area contributed by atoms with Gasteiger partial charge in [0, 0.05) is 12.0 Å². The number of nitrogens with one attached hydrogen (secondary N) is 1. The molecule has 0 spiro atoms. The van der Waals surface area contributed by atoms with Gasteiger partial charge in [0.15, 0.2) is 0 Å². The van der Waals surface area contributed by atoms with E-state index in [4.69, 9.17) is 4.74 Å². The van der Waals surface area contributed by atoms with Crippen LogP contribution in [0.5, 0.6) is 0 Å². The second kappa shape index (κ2) is 6.48. The summed E-state index contributed by atoms with van der Waals surface area (Å²) in [4.78, 5) is 16.7. The fourth-order valence-corrected chi connectivity index (χ4v) is 3.13. The summed E-state index contributed by atoms with van der Waals surface area (Å²) in [5.41, 5.74) is 0.293. The van der Waals surface area contributed by atoms with E-state index < -0.39 is 5.60 Å². The molecule has 4 nitrogen and oxygen atoms in total. The van der Waals surface area contributed by atoms with Gasteiger partial charge in [-0.3, -0.25) is 4.79 Å². The molecule has 0 bridgehead atoms. The molecule has 0 radical (unpaired) electrons. The Kier molecular flexibility index (Phi) is 4.93. The van der Waals surface area contributed by atoms with Crippen molar-refractivity contribution in [1.29, 1.82) is 0 Å². The normalized spacial score (nSPS) is 23.3. The molecule has 5 heteroatoms. The summed E-state index contributed by atoms with van der Waals surface area (Å²) in [5.74, 6) is -0.0164. The molecule has 106 valence electrons. The lowest BCUT2D eigenvalue weighted by molar-refractivity contribution is -0.150. The second-order valence-corrected chi connectivity index (χ2v) is 6.14. The van der Waals surface area contributed by atoms with Crippen molar-refractivity contribution in [2.24, 2.45) is 0 Å². The van der Waals surface area contributed by atoms with E-state index in [0.717, 1.165) is 42.8 Å². The molecule has 1 aliphatic heterocycles. The Morgan fingerprint density at radius 2 is 2.42 bits per heavy atom. The van der Waals surface area contributed by atoms with E-state index in [0.29, 0.717) is 13.2 Å². The van der Waals surface area contributed by atoms with Crippen LogP contribution in [0.3, 0.4) is 0 Å². The lowest BCUT2D eigenvalue weighted by Gasteiger charge is -2.32. The minimum Gasteiger partial charge on any atom is -0.365 e. The Bertz CT molecular complexity index is 425. The smallest absolute Gasteiger partial charge is 0.252 e. The monoisotopic (exact) mass is 282 g/mol. The topological polar surface area (TPSA) is 51.2 Å². The molecule has 0 unspecified atom stereocenters. The van der Waals surface area contributed by atoms with Gasteiger partial charge in [0.1, 0.15) is 5.60 Å². The highest BCUT2D eigenvalue weighted by molar-refractivity contribution is 7.09. The van der Waals surface area contributed by atoms with E-state index >= 15 is 0 Å². The van der Waals surface area contributed by atoms with Crippen molar-refractivity contribution in [2.45, 2.75) is 58.1 Å². The molecule has 1 fully saturated rings. The zero-order chi connectivity index (χ0) is 13.7. The van der Waals surface area contributed by atoms with Crippen molar-refractivity contribution in [3.8, 4) is 0 Å². The first-order valence-electron chi connectivity index (χ1n) is 6.99. The standard InChI is InChI=1S/C14H22N2O2S/c1-3-6-12-16-11(10-19-12)9-15-13(17)14(2)7-4-5-8-18-14/h10H,3-9H2,1-2H3,(H,15,17)/t14-/m1/s1. The van der Waals surface area contributed by atoms with E-state index in [1.165, 1.54) is 0 Å². The van der Waals surface area contributed by atoms with Gasteiger partial charge in [0.2, 0.25) is 0 Å². The van der Waals surface area contributed by atoms with Crippen LogP contribution >= 0.6 is 11.3 Å². The number of hydrogen-bond donors (Lipinski definition) is 1. The third kappa shape index (κ3) is 3.76. The number of rotatable bonds is 5. The molecule has 1 atom stereocenters. The summed E-state index contributed by atoms with van der Waals surface area (Å²) >= 11 is 1.67. The van der Waals surface area contributed by atoms with Crippen LogP contribution in [0.15, 0.2) is 5.38 Å². The number of ether oxygens (including phenoxy) is 1. The molecular formula is C14H22N2O2S. The molecule has 1 N–H and O–H groups in total. The highest BCUT2D eigenvalue weighted by Gasteiger charge is 2.35. The van der Waals surface area contributed by atoms with Crippen LogP contribution < -0.4 is 5.32 Å². The van der Waals surface area contributed by atoms with Gasteiger partial charge in [-0.15, -0.1) is 11.3 Å². The van der Waals surface area contributed by atoms with Crippen LogP contribution in [0.4, 0.5) is 0 Å². The van der Waals surface area contributed by atoms with E-state index in [-0.39, 0.29) is 5.91 Å². The van der Waals surface area contributed by atoms with E-state index in [1.807, 2.05) is 12.3 Å². The van der Waals surface area contributed by atoms with Gasteiger partial charge in [-0.2, -0.15) is 0 Å². The van der Waals surface area contributed by atoms with Crippen LogP contribution in [0.25, 0.3) is 0 Å². The predicted octanol–water partition coefficient (Wildman–Crippen LogP) is 2.67. The molecule has 0 aromatic carbocycles. The number of aryl methyl sites for hydroxylation is 1. The molecule has 1 amide bonds. The lowest BCUT2D eigenvalue weighted by Crippen LogP contribution is -2.48. The fraction of sp³-hybridized carbons (Fsp3) is 0.714. The van der Waals surface area contributed by atoms with Gasteiger partial charge in [0.05, 0.1) is 17.2 Å². The molecule has 2 heterocycles. The number of amides is 1. The largest absolute Gasteiger partial charge is 0.365 e. The fourth-order valence-electron chi connectivity index (χ4n) is 2.23. The van der Waals surface area contributed by atoms with Crippen LogP contribution in [0.2, 0.25) is 0 Å². The van der Waals surface area contributed by atoms with Crippen molar-refractivity contribution in [3.63, 3.8) is 0 Å². The number of nitrogens with zero attached hydrogens (tertiary/aromatic N) is 1. The quantitative estimate of drug-likeness (QED) is 0.903. The Hall–Kier alpha value is -0.940. The summed E-state index contributed by atoms with van der Waals surface area (Å²) < 4.78 is 5.63. The maximum absolute atomic E-state index is 12.2. The molecule has 1 aromatic rings. The number of thiazole rings is 1. The molecule has 1 aliphatic rings. The third-order valence-electron chi connectivity index (χ3n) is 3.44. The molecule has 0 aliphatic carbocycles. The number of carbonyl (C=O) groups is 1. The number of aromatic nitrogens is 1. The van der Waals surface area contributed by atoms with Crippen LogP contribution in [-0.4, -0.2) is 23.1 Å². The number of hydrogen-bond acceptors (Lipinski definition) is 4. The maximum Gasteiger partial charge on any atom is 0.252 e. The first-order valence-corrected chi connectivity index (χ1v) is 7.87. The van der Waals surface area contributed by atoms with Crippen molar-refractivity contribution >= 4 is 17.2 Å². The number of carbonyl (C=O) groups excluding carboxylic acids is 1. The minimum atomic E-state index is -0.652. The molecular weight excluding hydrogens is 260 g/mol. The molecule has 1 aromatic heterocycles. The predicted molar refractivity (Wildman–Crippen MR) is 76.2 cm³/mol.